The highest BCUT2D eigenvalue weighted by Crippen LogP contribution is 2.41. The summed E-state index contributed by atoms with van der Waals surface area (Å²) < 4.78 is 120. The summed E-state index contributed by atoms with van der Waals surface area (Å²) in [5.74, 6) is -8.55. The highest BCUT2D eigenvalue weighted by Gasteiger charge is 2.41. The van der Waals surface area contributed by atoms with E-state index in [-0.39, 0.29) is 18.2 Å². The van der Waals surface area contributed by atoms with Crippen LogP contribution >= 0.6 is 15.9 Å². The number of ketones is 1. The van der Waals surface area contributed by atoms with Gasteiger partial charge in [0.15, 0.2) is 17.4 Å². The monoisotopic (exact) mass is 504 g/mol. The topological polar surface area (TPSA) is 17.1 Å². The Labute approximate surface area is 172 Å². The van der Waals surface area contributed by atoms with Gasteiger partial charge in [-0.05, 0) is 52.7 Å². The van der Waals surface area contributed by atoms with Crippen molar-refractivity contribution in [2.45, 2.75) is 25.2 Å². The molecule has 30 heavy (non-hydrogen) atoms. The van der Waals surface area contributed by atoms with Crippen LogP contribution in [0.1, 0.15) is 39.9 Å². The lowest BCUT2D eigenvalue weighted by Gasteiger charge is -2.19. The van der Waals surface area contributed by atoms with Crippen LogP contribution in [0.3, 0.4) is 0 Å². The Morgan fingerprint density at radius 3 is 2.10 bits per heavy atom. The van der Waals surface area contributed by atoms with Gasteiger partial charge in [0.05, 0.1) is 10.0 Å². The van der Waals surface area contributed by atoms with E-state index >= 15 is 0 Å². The molecule has 2 aromatic rings. The third-order valence-electron chi connectivity index (χ3n) is 4.01. The summed E-state index contributed by atoms with van der Waals surface area (Å²) in [4.78, 5) is 11.4. The minimum absolute atomic E-state index is 0.0535. The Bertz CT molecular complexity index is 983. The molecular formula is C19H10BrF9O. The lowest BCUT2D eigenvalue weighted by molar-refractivity contribution is -0.140. The molecule has 0 fully saturated rings. The van der Waals surface area contributed by atoms with Gasteiger partial charge in [-0.2, -0.15) is 26.3 Å². The molecule has 0 aliphatic heterocycles. The second kappa shape index (κ2) is 8.44. The number of halogens is 10. The lowest BCUT2D eigenvalue weighted by atomic mass is 9.95. The normalized spacial score (nSPS) is 14.0. The van der Waals surface area contributed by atoms with E-state index in [1.54, 1.807) is 0 Å². The maximum atomic E-state index is 14.5. The van der Waals surface area contributed by atoms with Crippen LogP contribution < -0.4 is 0 Å². The van der Waals surface area contributed by atoms with Crippen molar-refractivity contribution in [1.82, 2.24) is 0 Å². The molecule has 1 nitrogen and oxygen atoms in total. The van der Waals surface area contributed by atoms with Crippen LogP contribution in [0.15, 0.2) is 40.9 Å². The fourth-order valence-electron chi connectivity index (χ4n) is 2.61. The first kappa shape index (κ1) is 24.0. The summed E-state index contributed by atoms with van der Waals surface area (Å²) in [7, 11) is 0. The van der Waals surface area contributed by atoms with E-state index in [9.17, 15) is 44.3 Å². The van der Waals surface area contributed by atoms with Crippen molar-refractivity contribution in [2.24, 2.45) is 0 Å². The number of hydrogen-bond donors (Lipinski definition) is 0. The molecule has 0 heterocycles. The fraction of sp³-hybridized carbons (Fsp3) is 0.211. The predicted octanol–water partition coefficient (Wildman–Crippen LogP) is 7.61. The van der Waals surface area contributed by atoms with E-state index in [4.69, 9.17) is 0 Å². The zero-order valence-electron chi connectivity index (χ0n) is 14.7. The SMILES string of the molecule is CC(=O)c1ccc(/C(F)=C/C(c2cc(F)c(F)c(Br)c2)C(F)(F)F)cc1C(F)(F)F. The molecule has 162 valence electrons. The third kappa shape index (κ3) is 5.24. The van der Waals surface area contributed by atoms with E-state index in [0.717, 1.165) is 6.92 Å². The van der Waals surface area contributed by atoms with Gasteiger partial charge in [0, 0.05) is 11.1 Å². The molecule has 0 aliphatic rings. The molecule has 0 aromatic heterocycles. The summed E-state index contributed by atoms with van der Waals surface area (Å²) in [5.41, 5.74) is -4.05. The molecule has 11 heteroatoms. The first-order valence-electron chi connectivity index (χ1n) is 7.94. The molecular weight excluding hydrogens is 495 g/mol. The minimum atomic E-state index is -5.17. The molecule has 1 atom stereocenters. The number of rotatable bonds is 4. The van der Waals surface area contributed by atoms with E-state index in [0.29, 0.717) is 18.2 Å². The Balaban J connectivity index is 2.62. The van der Waals surface area contributed by atoms with Gasteiger partial charge in [0.2, 0.25) is 0 Å². The van der Waals surface area contributed by atoms with Gasteiger partial charge in [-0.15, -0.1) is 0 Å². The lowest BCUT2D eigenvalue weighted by Crippen LogP contribution is -2.19. The van der Waals surface area contributed by atoms with Gasteiger partial charge in [-0.3, -0.25) is 4.79 Å². The van der Waals surface area contributed by atoms with Crippen molar-refractivity contribution in [3.05, 3.63) is 74.8 Å². The first-order valence-corrected chi connectivity index (χ1v) is 8.73. The Morgan fingerprint density at radius 2 is 1.63 bits per heavy atom. The van der Waals surface area contributed by atoms with Gasteiger partial charge in [-0.1, -0.05) is 12.1 Å². The second-order valence-corrected chi connectivity index (χ2v) is 7.00. The standard InChI is InChI=1S/C19H10BrF9O/c1-8(30)11-3-2-9(4-13(11)19(27,28)29)15(21)7-12(18(24,25)26)10-5-14(20)17(23)16(22)6-10/h2-7,12H,1H3/b15-7-. The number of benzene rings is 2. The average Bonchev–Trinajstić information content (AvgIpc) is 2.61. The van der Waals surface area contributed by atoms with E-state index < -0.39 is 68.2 Å². The van der Waals surface area contributed by atoms with E-state index in [2.05, 4.69) is 15.9 Å². The first-order chi connectivity index (χ1) is 13.6. The van der Waals surface area contributed by atoms with E-state index in [1.165, 1.54) is 0 Å². The molecule has 0 N–H and O–H groups in total. The smallest absolute Gasteiger partial charge is 0.294 e. The summed E-state index contributed by atoms with van der Waals surface area (Å²) in [6, 6.07) is 2.36. The molecule has 0 amide bonds. The molecule has 0 aliphatic carbocycles. The van der Waals surface area contributed by atoms with Crippen LogP contribution in [0.25, 0.3) is 5.83 Å². The molecule has 0 spiro atoms. The van der Waals surface area contributed by atoms with Crippen molar-refractivity contribution < 1.29 is 44.3 Å². The van der Waals surface area contributed by atoms with Crippen molar-refractivity contribution in [1.29, 1.82) is 0 Å². The number of allylic oxidation sites excluding steroid dienone is 1. The summed E-state index contributed by atoms with van der Waals surface area (Å²) in [6.07, 6.45) is -10.3. The van der Waals surface area contributed by atoms with Gasteiger partial charge in [0.25, 0.3) is 0 Å². The van der Waals surface area contributed by atoms with Crippen molar-refractivity contribution in [2.75, 3.05) is 0 Å². The van der Waals surface area contributed by atoms with Crippen molar-refractivity contribution in [3.8, 4) is 0 Å². The number of carbonyl (C=O) groups is 1. The van der Waals surface area contributed by atoms with Crippen LogP contribution in [0.5, 0.6) is 0 Å². The molecule has 0 saturated carbocycles. The van der Waals surface area contributed by atoms with Gasteiger partial charge in [0.1, 0.15) is 11.7 Å². The molecule has 2 aromatic carbocycles. The highest BCUT2D eigenvalue weighted by atomic mass is 79.9. The maximum absolute atomic E-state index is 14.5. The van der Waals surface area contributed by atoms with Gasteiger partial charge >= 0.3 is 12.4 Å². The number of hydrogen-bond acceptors (Lipinski definition) is 1. The number of Topliss-reactive ketones (excluding diaryl/α,β-unsaturated/α-hetero) is 1. The summed E-state index contributed by atoms with van der Waals surface area (Å²) >= 11 is 2.54. The van der Waals surface area contributed by atoms with E-state index in [1.807, 2.05) is 0 Å². The van der Waals surface area contributed by atoms with Crippen LogP contribution in [0, 0.1) is 11.6 Å². The number of alkyl halides is 6. The quantitative estimate of drug-likeness (QED) is 0.238. The molecule has 1 unspecified atom stereocenters. The zero-order valence-corrected chi connectivity index (χ0v) is 16.3. The molecule has 0 radical (unpaired) electrons. The Morgan fingerprint density at radius 1 is 1.03 bits per heavy atom. The molecule has 0 bridgehead atoms. The summed E-state index contributed by atoms with van der Waals surface area (Å²) in [5, 5.41) is 0. The molecule has 2 rings (SSSR count). The fourth-order valence-corrected chi connectivity index (χ4v) is 3.06. The van der Waals surface area contributed by atoms with Crippen LogP contribution in [0.4, 0.5) is 39.5 Å². The van der Waals surface area contributed by atoms with Crippen LogP contribution in [-0.2, 0) is 6.18 Å². The average molecular weight is 505 g/mol. The van der Waals surface area contributed by atoms with Gasteiger partial charge < -0.3 is 0 Å². The van der Waals surface area contributed by atoms with Gasteiger partial charge in [-0.25, -0.2) is 13.2 Å². The number of carbonyl (C=O) groups excluding carboxylic acids is 1. The zero-order chi connectivity index (χ0) is 23.0. The molecule has 0 saturated heterocycles. The van der Waals surface area contributed by atoms with Crippen LogP contribution in [0.2, 0.25) is 0 Å². The predicted molar refractivity (Wildman–Crippen MR) is 93.4 cm³/mol. The second-order valence-electron chi connectivity index (χ2n) is 6.15. The minimum Gasteiger partial charge on any atom is -0.294 e. The largest absolute Gasteiger partial charge is 0.417 e. The Kier molecular flexibility index (Phi) is 6.75. The van der Waals surface area contributed by atoms with Crippen LogP contribution in [-0.4, -0.2) is 12.0 Å². The summed E-state index contributed by atoms with van der Waals surface area (Å²) in [6.45, 7) is 0.844. The van der Waals surface area contributed by atoms with Crippen molar-refractivity contribution in [3.63, 3.8) is 0 Å². The third-order valence-corrected chi connectivity index (χ3v) is 4.59. The van der Waals surface area contributed by atoms with Crippen molar-refractivity contribution >= 4 is 27.5 Å². The highest BCUT2D eigenvalue weighted by molar-refractivity contribution is 9.10. The maximum Gasteiger partial charge on any atom is 0.417 e. The Hall–Kier alpha value is -2.30.